The van der Waals surface area contributed by atoms with Crippen molar-refractivity contribution in [2.24, 2.45) is 0 Å². The van der Waals surface area contributed by atoms with Crippen molar-refractivity contribution in [3.8, 4) is 12.1 Å². The molecule has 3 aromatic rings. The Morgan fingerprint density at radius 3 is 2.05 bits per heavy atom. The van der Waals surface area contributed by atoms with E-state index in [1.54, 1.807) is 30.3 Å². The lowest BCUT2D eigenvalue weighted by Gasteiger charge is -2.33. The zero-order chi connectivity index (χ0) is 29.0. The Balaban J connectivity index is 1.89. The van der Waals surface area contributed by atoms with Crippen LogP contribution in [0.2, 0.25) is 5.02 Å². The lowest BCUT2D eigenvalue weighted by Crippen LogP contribution is -2.27. The van der Waals surface area contributed by atoms with E-state index in [1.165, 1.54) is 6.07 Å². The molecule has 204 valence electrons. The minimum atomic E-state index is -0.494. The average Bonchev–Trinajstić information content (AvgIpc) is 2.88. The van der Waals surface area contributed by atoms with E-state index < -0.39 is 11.2 Å². The van der Waals surface area contributed by atoms with Gasteiger partial charge in [0, 0.05) is 5.56 Å². The van der Waals surface area contributed by atoms with E-state index in [1.807, 2.05) is 39.0 Å². The Kier molecular flexibility index (Phi) is 9.25. The van der Waals surface area contributed by atoms with E-state index >= 15 is 4.39 Å². The summed E-state index contributed by atoms with van der Waals surface area (Å²) in [6, 6.07) is 20.2. The van der Waals surface area contributed by atoms with E-state index in [-0.39, 0.29) is 21.7 Å². The molecule has 0 fully saturated rings. The minimum Gasteiger partial charge on any atom is -0.207 e. The van der Waals surface area contributed by atoms with Gasteiger partial charge in [0.25, 0.3) is 0 Å². The third-order valence-corrected chi connectivity index (χ3v) is 8.21. The molecule has 3 rings (SSSR count). The largest absolute Gasteiger partial charge is 0.207 e. The highest BCUT2D eigenvalue weighted by Gasteiger charge is 2.31. The Morgan fingerprint density at radius 1 is 0.744 bits per heavy atom. The summed E-state index contributed by atoms with van der Waals surface area (Å²) in [5.74, 6) is -0.790. The van der Waals surface area contributed by atoms with Gasteiger partial charge in [0.05, 0.1) is 28.3 Å². The van der Waals surface area contributed by atoms with Gasteiger partial charge in [0.2, 0.25) is 0 Å². The first kappa shape index (κ1) is 30.3. The maximum atomic E-state index is 15.6. The molecule has 0 radical (unpaired) electrons. The van der Waals surface area contributed by atoms with Crippen molar-refractivity contribution in [3.05, 3.63) is 105 Å². The molecule has 5 heteroatoms. The van der Waals surface area contributed by atoms with Gasteiger partial charge in [-0.25, -0.2) is 8.78 Å². The first-order chi connectivity index (χ1) is 18.2. The third kappa shape index (κ3) is 7.26. The minimum absolute atomic E-state index is 0.123. The number of unbranched alkanes of at least 4 members (excludes halogenated alkanes) is 1. The summed E-state index contributed by atoms with van der Waals surface area (Å²) in [5, 5.41) is 19.6. The molecule has 0 N–H and O–H groups in total. The molecule has 2 nitrogen and oxygen atoms in total. The maximum absolute atomic E-state index is 15.6. The molecule has 1 atom stereocenters. The lowest BCUT2D eigenvalue weighted by molar-refractivity contribution is 0.376. The van der Waals surface area contributed by atoms with Crippen LogP contribution >= 0.6 is 11.6 Å². The van der Waals surface area contributed by atoms with E-state index in [0.717, 1.165) is 42.4 Å². The van der Waals surface area contributed by atoms with Crippen LogP contribution in [0.15, 0.2) is 54.6 Å². The van der Waals surface area contributed by atoms with Crippen molar-refractivity contribution in [2.75, 3.05) is 0 Å². The Bertz CT molecular complexity index is 1420. The van der Waals surface area contributed by atoms with Crippen LogP contribution in [0, 0.1) is 34.3 Å². The molecule has 1 unspecified atom stereocenters. The molecule has 0 bridgehead atoms. The summed E-state index contributed by atoms with van der Waals surface area (Å²) in [7, 11) is 0. The molecule has 3 aromatic carbocycles. The number of nitriles is 2. The molecule has 0 amide bonds. The van der Waals surface area contributed by atoms with Crippen LogP contribution in [-0.2, 0) is 22.7 Å². The summed E-state index contributed by atoms with van der Waals surface area (Å²) < 4.78 is 29.3. The summed E-state index contributed by atoms with van der Waals surface area (Å²) in [4.78, 5) is 0. The first-order valence-electron chi connectivity index (χ1n) is 13.4. The second-order valence-corrected chi connectivity index (χ2v) is 12.9. The van der Waals surface area contributed by atoms with Crippen molar-refractivity contribution >= 4 is 11.6 Å². The number of benzene rings is 3. The molecule has 39 heavy (non-hydrogen) atoms. The molecule has 0 aliphatic carbocycles. The van der Waals surface area contributed by atoms with Crippen LogP contribution in [-0.4, -0.2) is 0 Å². The van der Waals surface area contributed by atoms with E-state index in [0.29, 0.717) is 23.1 Å². The Morgan fingerprint density at radius 2 is 1.44 bits per heavy atom. The molecule has 0 spiro atoms. The van der Waals surface area contributed by atoms with Crippen LogP contribution in [0.1, 0.15) is 101 Å². The Labute approximate surface area is 237 Å². The highest BCUT2D eigenvalue weighted by atomic mass is 35.5. The zero-order valence-corrected chi connectivity index (χ0v) is 24.5. The van der Waals surface area contributed by atoms with Crippen molar-refractivity contribution in [1.82, 2.24) is 0 Å². The van der Waals surface area contributed by atoms with Gasteiger partial charge in [0.15, 0.2) is 0 Å². The normalized spacial score (nSPS) is 13.4. The fraction of sp³-hybridized carbons (Fsp3) is 0.412. The number of rotatable bonds is 9. The SMILES string of the molecule is CC(C)(C)c1cc(F)c(CC(C)(CCCCC(C)(C)c2ccc(F)c(Cl)c2)c2cccc(C#N)c2)c(C#N)c1. The average molecular weight is 547 g/mol. The standard InChI is InChI=1S/C34H37ClF2N2/c1-32(2,3)27-17-24(22-39)28(31(37)19-27)20-34(6,26-11-9-10-23(16-26)21-38)15-8-7-14-33(4,5)25-12-13-30(36)29(35)18-25/h9-13,16-19H,7-8,14-15,20H2,1-6H3. The third-order valence-electron chi connectivity index (χ3n) is 7.92. The Hall–Kier alpha value is -3.21. The van der Waals surface area contributed by atoms with Gasteiger partial charge in [-0.2, -0.15) is 10.5 Å². The topological polar surface area (TPSA) is 47.6 Å². The van der Waals surface area contributed by atoms with Crippen LogP contribution in [0.3, 0.4) is 0 Å². The fourth-order valence-corrected chi connectivity index (χ4v) is 5.36. The van der Waals surface area contributed by atoms with E-state index in [2.05, 4.69) is 32.9 Å². The number of hydrogen-bond acceptors (Lipinski definition) is 2. The van der Waals surface area contributed by atoms with Gasteiger partial charge in [-0.3, -0.25) is 0 Å². The monoisotopic (exact) mass is 546 g/mol. The summed E-state index contributed by atoms with van der Waals surface area (Å²) in [6.45, 7) is 12.3. The molecule has 0 heterocycles. The second kappa shape index (κ2) is 11.9. The maximum Gasteiger partial charge on any atom is 0.141 e. The highest BCUT2D eigenvalue weighted by molar-refractivity contribution is 6.30. The van der Waals surface area contributed by atoms with Gasteiger partial charge in [-0.05, 0) is 88.6 Å². The van der Waals surface area contributed by atoms with E-state index in [9.17, 15) is 14.9 Å². The summed E-state index contributed by atoms with van der Waals surface area (Å²) >= 11 is 6.03. The van der Waals surface area contributed by atoms with Gasteiger partial charge in [-0.1, -0.05) is 84.2 Å². The zero-order valence-electron chi connectivity index (χ0n) is 23.8. The summed E-state index contributed by atoms with van der Waals surface area (Å²) in [5.41, 5.74) is 3.08. The van der Waals surface area contributed by atoms with E-state index in [4.69, 9.17) is 11.6 Å². The quantitative estimate of drug-likeness (QED) is 0.251. The number of halogens is 3. The van der Waals surface area contributed by atoms with Crippen molar-refractivity contribution in [2.45, 2.75) is 89.9 Å². The molecule has 0 saturated heterocycles. The fourth-order valence-electron chi connectivity index (χ4n) is 5.18. The smallest absolute Gasteiger partial charge is 0.141 e. The lowest BCUT2D eigenvalue weighted by atomic mass is 9.71. The first-order valence-corrected chi connectivity index (χ1v) is 13.8. The van der Waals surface area contributed by atoms with Crippen LogP contribution in [0.4, 0.5) is 8.78 Å². The van der Waals surface area contributed by atoms with Crippen molar-refractivity contribution < 1.29 is 8.78 Å². The predicted octanol–water partition coefficient (Wildman–Crippen LogP) is 9.70. The predicted molar refractivity (Wildman–Crippen MR) is 155 cm³/mol. The van der Waals surface area contributed by atoms with Crippen molar-refractivity contribution in [1.29, 1.82) is 10.5 Å². The number of hydrogen-bond donors (Lipinski definition) is 0. The van der Waals surface area contributed by atoms with Gasteiger partial charge in [-0.15, -0.1) is 0 Å². The number of nitrogens with zero attached hydrogens (tertiary/aromatic N) is 2. The highest BCUT2D eigenvalue weighted by Crippen LogP contribution is 2.38. The molecule has 0 aromatic heterocycles. The van der Waals surface area contributed by atoms with Gasteiger partial charge >= 0.3 is 0 Å². The summed E-state index contributed by atoms with van der Waals surface area (Å²) in [6.07, 6.45) is 3.70. The van der Waals surface area contributed by atoms with Crippen LogP contribution < -0.4 is 0 Å². The molecule has 0 aliphatic rings. The molecular formula is C34H37ClF2N2. The molecule has 0 aliphatic heterocycles. The van der Waals surface area contributed by atoms with Crippen LogP contribution in [0.5, 0.6) is 0 Å². The van der Waals surface area contributed by atoms with Gasteiger partial charge < -0.3 is 0 Å². The molecule has 0 saturated carbocycles. The second-order valence-electron chi connectivity index (χ2n) is 12.5. The van der Waals surface area contributed by atoms with Crippen LogP contribution in [0.25, 0.3) is 0 Å². The van der Waals surface area contributed by atoms with Gasteiger partial charge in [0.1, 0.15) is 11.6 Å². The molecular weight excluding hydrogens is 510 g/mol. The van der Waals surface area contributed by atoms with Crippen molar-refractivity contribution in [3.63, 3.8) is 0 Å².